The van der Waals surface area contributed by atoms with Gasteiger partial charge < -0.3 is 15.5 Å². The van der Waals surface area contributed by atoms with Crippen molar-refractivity contribution in [2.75, 3.05) is 5.75 Å². The van der Waals surface area contributed by atoms with Crippen molar-refractivity contribution < 1.29 is 33.0 Å². The van der Waals surface area contributed by atoms with E-state index in [0.717, 1.165) is 0 Å². The van der Waals surface area contributed by atoms with E-state index in [0.29, 0.717) is 5.56 Å². The van der Waals surface area contributed by atoms with Crippen molar-refractivity contribution in [3.63, 3.8) is 0 Å². The number of thiol groups is 1. The third-order valence-electron chi connectivity index (χ3n) is 2.88. The number of halogens is 3. The van der Waals surface area contributed by atoms with Gasteiger partial charge >= 0.3 is 12.1 Å². The molecule has 122 valence electrons. The number of nitrogens with one attached hydrogen (secondary N) is 1. The number of phenols is 1. The van der Waals surface area contributed by atoms with Crippen LogP contribution in [0.3, 0.4) is 0 Å². The lowest BCUT2D eigenvalue weighted by atomic mass is 10.0. The third-order valence-corrected chi connectivity index (χ3v) is 3.25. The summed E-state index contributed by atoms with van der Waals surface area (Å²) >= 11 is 3.48. The summed E-state index contributed by atoms with van der Waals surface area (Å²) in [6.07, 6.45) is -5.01. The lowest BCUT2D eigenvalue weighted by Gasteiger charge is -2.21. The number of amides is 1. The smallest absolute Gasteiger partial charge is 0.401 e. The highest BCUT2D eigenvalue weighted by Gasteiger charge is 2.44. The SMILES string of the molecule is O=C(O)[C@H](Cc1ccc(O)cc1)NC(=O)[C@H](CS)C(F)(F)F. The molecule has 1 amide bonds. The summed E-state index contributed by atoms with van der Waals surface area (Å²) in [4.78, 5) is 22.7. The maximum absolute atomic E-state index is 12.6. The lowest BCUT2D eigenvalue weighted by Crippen LogP contribution is -2.48. The minimum Gasteiger partial charge on any atom is -0.508 e. The number of alkyl halides is 3. The van der Waals surface area contributed by atoms with Crippen LogP contribution in [-0.2, 0) is 16.0 Å². The maximum atomic E-state index is 12.6. The van der Waals surface area contributed by atoms with Crippen LogP contribution in [0.25, 0.3) is 0 Å². The number of rotatable bonds is 6. The number of aliphatic carboxylic acids is 1. The van der Waals surface area contributed by atoms with Crippen LogP contribution in [0.1, 0.15) is 5.56 Å². The Morgan fingerprint density at radius 2 is 1.77 bits per heavy atom. The van der Waals surface area contributed by atoms with Crippen molar-refractivity contribution in [1.82, 2.24) is 5.32 Å². The molecule has 0 radical (unpaired) electrons. The first kappa shape index (κ1) is 18.1. The van der Waals surface area contributed by atoms with Gasteiger partial charge in [0.25, 0.3) is 0 Å². The molecule has 0 aliphatic heterocycles. The summed E-state index contributed by atoms with van der Waals surface area (Å²) in [5.74, 6) is -6.08. The van der Waals surface area contributed by atoms with Crippen molar-refractivity contribution in [3.8, 4) is 5.75 Å². The average Bonchev–Trinajstić information content (AvgIpc) is 2.39. The van der Waals surface area contributed by atoms with Crippen LogP contribution in [0.15, 0.2) is 24.3 Å². The number of carbonyl (C=O) groups excluding carboxylic acids is 1. The van der Waals surface area contributed by atoms with Gasteiger partial charge in [0.05, 0.1) is 0 Å². The zero-order valence-corrected chi connectivity index (χ0v) is 12.1. The predicted molar refractivity (Wildman–Crippen MR) is 74.8 cm³/mol. The Morgan fingerprint density at radius 3 is 2.18 bits per heavy atom. The van der Waals surface area contributed by atoms with Crippen molar-refractivity contribution in [2.45, 2.75) is 18.6 Å². The quantitative estimate of drug-likeness (QED) is 0.594. The molecule has 9 heteroatoms. The highest BCUT2D eigenvalue weighted by molar-refractivity contribution is 7.80. The second-order valence-electron chi connectivity index (χ2n) is 4.55. The zero-order chi connectivity index (χ0) is 16.9. The maximum Gasteiger partial charge on any atom is 0.401 e. The first-order valence-electron chi connectivity index (χ1n) is 6.13. The van der Waals surface area contributed by atoms with Gasteiger partial charge in [0.2, 0.25) is 5.91 Å². The van der Waals surface area contributed by atoms with Crippen LogP contribution in [0.5, 0.6) is 5.75 Å². The molecule has 1 aromatic rings. The predicted octanol–water partition coefficient (Wildman–Crippen LogP) is 1.61. The fourth-order valence-electron chi connectivity index (χ4n) is 1.68. The molecule has 0 aromatic heterocycles. The van der Waals surface area contributed by atoms with Gasteiger partial charge in [0, 0.05) is 12.2 Å². The molecule has 0 heterocycles. The van der Waals surface area contributed by atoms with Crippen molar-refractivity contribution in [1.29, 1.82) is 0 Å². The molecule has 0 saturated heterocycles. The Kier molecular flexibility index (Phi) is 6.10. The molecule has 0 spiro atoms. The van der Waals surface area contributed by atoms with Gasteiger partial charge in [-0.05, 0) is 17.7 Å². The van der Waals surface area contributed by atoms with Gasteiger partial charge in [-0.3, -0.25) is 4.79 Å². The number of hydrogen-bond donors (Lipinski definition) is 4. The van der Waals surface area contributed by atoms with Crippen LogP contribution >= 0.6 is 12.6 Å². The first-order valence-corrected chi connectivity index (χ1v) is 6.77. The topological polar surface area (TPSA) is 86.6 Å². The Labute approximate surface area is 129 Å². The third kappa shape index (κ3) is 5.14. The van der Waals surface area contributed by atoms with Crippen LogP contribution in [-0.4, -0.2) is 40.1 Å². The summed E-state index contributed by atoms with van der Waals surface area (Å²) < 4.78 is 37.8. The number of aromatic hydroxyl groups is 1. The normalized spacial score (nSPS) is 14.2. The van der Waals surface area contributed by atoms with E-state index in [9.17, 15) is 22.8 Å². The van der Waals surface area contributed by atoms with Crippen molar-refractivity contribution in [3.05, 3.63) is 29.8 Å². The molecule has 22 heavy (non-hydrogen) atoms. The fourth-order valence-corrected chi connectivity index (χ4v) is 2.05. The number of carboxylic acid groups (broad SMARTS) is 1. The van der Waals surface area contributed by atoms with E-state index >= 15 is 0 Å². The Hall–Kier alpha value is -1.90. The van der Waals surface area contributed by atoms with Crippen LogP contribution in [0.4, 0.5) is 13.2 Å². The van der Waals surface area contributed by atoms with Crippen LogP contribution in [0, 0.1) is 5.92 Å². The molecule has 1 aromatic carbocycles. The molecule has 0 fully saturated rings. The van der Waals surface area contributed by atoms with Gasteiger partial charge in [-0.25, -0.2) is 4.79 Å². The molecular formula is C13H14F3NO4S. The van der Waals surface area contributed by atoms with Crippen molar-refractivity contribution >= 4 is 24.5 Å². The van der Waals surface area contributed by atoms with Gasteiger partial charge in [-0.1, -0.05) is 12.1 Å². The minimum absolute atomic E-state index is 0.0353. The van der Waals surface area contributed by atoms with E-state index in [4.69, 9.17) is 10.2 Å². The van der Waals surface area contributed by atoms with E-state index in [-0.39, 0.29) is 12.2 Å². The molecule has 0 unspecified atom stereocenters. The molecule has 2 atom stereocenters. The zero-order valence-electron chi connectivity index (χ0n) is 11.2. The number of phenolic OH excluding ortho intramolecular Hbond substituents is 1. The monoisotopic (exact) mass is 337 g/mol. The fraction of sp³-hybridized carbons (Fsp3) is 0.385. The van der Waals surface area contributed by atoms with Gasteiger partial charge in [0.1, 0.15) is 17.7 Å². The van der Waals surface area contributed by atoms with Gasteiger partial charge in [0.15, 0.2) is 0 Å². The number of benzene rings is 1. The Morgan fingerprint density at radius 1 is 1.23 bits per heavy atom. The molecule has 0 bridgehead atoms. The summed E-state index contributed by atoms with van der Waals surface area (Å²) in [6, 6.07) is 3.93. The summed E-state index contributed by atoms with van der Waals surface area (Å²) in [5.41, 5.74) is 0.444. The molecule has 1 rings (SSSR count). The van der Waals surface area contributed by atoms with Gasteiger partial charge in [-0.15, -0.1) is 0 Å². The van der Waals surface area contributed by atoms with E-state index in [1.807, 2.05) is 5.32 Å². The summed E-state index contributed by atoms with van der Waals surface area (Å²) in [6.45, 7) is 0. The van der Waals surface area contributed by atoms with Crippen molar-refractivity contribution in [2.24, 2.45) is 5.92 Å². The number of carbonyl (C=O) groups is 2. The Balaban J connectivity index is 2.82. The van der Waals surface area contributed by atoms with E-state index < -0.39 is 35.8 Å². The van der Waals surface area contributed by atoms with E-state index in [2.05, 4.69) is 12.6 Å². The summed E-state index contributed by atoms with van der Waals surface area (Å²) in [5, 5.41) is 20.0. The highest BCUT2D eigenvalue weighted by Crippen LogP contribution is 2.27. The molecule has 0 aliphatic carbocycles. The molecule has 3 N–H and O–H groups in total. The second-order valence-corrected chi connectivity index (χ2v) is 4.91. The van der Waals surface area contributed by atoms with E-state index in [1.54, 1.807) is 0 Å². The van der Waals surface area contributed by atoms with Gasteiger partial charge in [-0.2, -0.15) is 25.8 Å². The number of carboxylic acids is 1. The standard InChI is InChI=1S/C13H14F3NO4S/c14-13(15,16)9(6-22)11(19)17-10(12(20)21)5-7-1-3-8(18)4-2-7/h1-4,9-10,18,22H,5-6H2,(H,17,19)(H,20,21)/t9-,10-/m0/s1. The average molecular weight is 337 g/mol. The van der Waals surface area contributed by atoms with Crippen LogP contribution < -0.4 is 5.32 Å². The first-order chi connectivity index (χ1) is 10.1. The minimum atomic E-state index is -4.80. The van der Waals surface area contributed by atoms with Crippen LogP contribution in [0.2, 0.25) is 0 Å². The van der Waals surface area contributed by atoms with E-state index in [1.165, 1.54) is 24.3 Å². The highest BCUT2D eigenvalue weighted by atomic mass is 32.1. The molecular weight excluding hydrogens is 323 g/mol. The molecule has 0 saturated carbocycles. The molecule has 0 aliphatic rings. The lowest BCUT2D eigenvalue weighted by molar-refractivity contribution is -0.178. The second kappa shape index (κ2) is 7.39. The summed E-state index contributed by atoms with van der Waals surface area (Å²) in [7, 11) is 0. The number of hydrogen-bond acceptors (Lipinski definition) is 4. The Bertz CT molecular complexity index is 533. The largest absolute Gasteiger partial charge is 0.508 e. The molecule has 5 nitrogen and oxygen atoms in total.